The Bertz CT molecular complexity index is 337. The molecule has 1 heterocycles. The Morgan fingerprint density at radius 1 is 1.47 bits per heavy atom. The number of hydrogen-bond donors (Lipinski definition) is 1. The lowest BCUT2D eigenvalue weighted by molar-refractivity contribution is 0.133. The van der Waals surface area contributed by atoms with Crippen LogP contribution in [-0.2, 0) is 13.1 Å². The lowest BCUT2D eigenvalue weighted by Crippen LogP contribution is -2.38. The van der Waals surface area contributed by atoms with Gasteiger partial charge in [0, 0.05) is 31.9 Å². The van der Waals surface area contributed by atoms with E-state index >= 15 is 0 Å². The van der Waals surface area contributed by atoms with E-state index in [0.29, 0.717) is 12.6 Å². The Kier molecular flexibility index (Phi) is 4.71. The molecule has 2 N–H and O–H groups in total. The van der Waals surface area contributed by atoms with Gasteiger partial charge in [0.1, 0.15) is 0 Å². The quantitative estimate of drug-likeness (QED) is 0.849. The van der Waals surface area contributed by atoms with Crippen LogP contribution in [0.25, 0.3) is 0 Å². The summed E-state index contributed by atoms with van der Waals surface area (Å²) in [5.74, 6) is 0. The summed E-state index contributed by atoms with van der Waals surface area (Å²) in [5.41, 5.74) is 6.91. The number of nitrogens with two attached hydrogens (primary N) is 1. The molecule has 1 aromatic heterocycles. The summed E-state index contributed by atoms with van der Waals surface area (Å²) in [4.78, 5) is 6.75. The maximum Gasteiger partial charge on any atom is 0.0950 e. The minimum atomic E-state index is 0.286. The molecule has 17 heavy (non-hydrogen) atoms. The second-order valence-corrected chi connectivity index (χ2v) is 5.85. The summed E-state index contributed by atoms with van der Waals surface area (Å²) in [5, 5.41) is 0. The fourth-order valence-electron chi connectivity index (χ4n) is 1.81. The van der Waals surface area contributed by atoms with Gasteiger partial charge in [0.25, 0.3) is 0 Å². The molecule has 0 aliphatic heterocycles. The second kappa shape index (κ2) is 5.65. The highest BCUT2D eigenvalue weighted by atomic mass is 15.2. The van der Waals surface area contributed by atoms with Gasteiger partial charge < -0.3 is 10.3 Å². The van der Waals surface area contributed by atoms with Crippen LogP contribution in [0.5, 0.6) is 0 Å². The normalized spacial score (nSPS) is 14.3. The van der Waals surface area contributed by atoms with Crippen LogP contribution in [0, 0.1) is 5.41 Å². The van der Waals surface area contributed by atoms with Gasteiger partial charge >= 0.3 is 0 Å². The van der Waals surface area contributed by atoms with Crippen molar-refractivity contribution >= 4 is 0 Å². The van der Waals surface area contributed by atoms with Gasteiger partial charge in [-0.25, -0.2) is 4.98 Å². The summed E-state index contributed by atoms with van der Waals surface area (Å²) >= 11 is 0. The Morgan fingerprint density at radius 2 is 2.12 bits per heavy atom. The highest BCUT2D eigenvalue weighted by Gasteiger charge is 2.24. The zero-order valence-corrected chi connectivity index (χ0v) is 11.8. The molecule has 0 spiro atoms. The van der Waals surface area contributed by atoms with E-state index in [-0.39, 0.29) is 5.41 Å². The van der Waals surface area contributed by atoms with Gasteiger partial charge in [-0.05, 0) is 19.4 Å². The van der Waals surface area contributed by atoms with Crippen LogP contribution in [-0.4, -0.2) is 34.1 Å². The van der Waals surface area contributed by atoms with Crippen molar-refractivity contribution < 1.29 is 0 Å². The van der Waals surface area contributed by atoms with Crippen molar-refractivity contribution in [2.45, 2.75) is 46.8 Å². The van der Waals surface area contributed by atoms with Crippen LogP contribution in [0.4, 0.5) is 0 Å². The van der Waals surface area contributed by atoms with E-state index in [1.807, 2.05) is 10.9 Å². The molecule has 1 unspecified atom stereocenters. The third-order valence-corrected chi connectivity index (χ3v) is 3.40. The molecule has 0 fully saturated rings. The minimum Gasteiger partial charge on any atom is -0.336 e. The molecule has 0 bridgehead atoms. The van der Waals surface area contributed by atoms with Gasteiger partial charge in [0.15, 0.2) is 0 Å². The van der Waals surface area contributed by atoms with Crippen molar-refractivity contribution in [1.82, 2.24) is 14.5 Å². The van der Waals surface area contributed by atoms with Crippen LogP contribution in [0.3, 0.4) is 0 Å². The van der Waals surface area contributed by atoms with E-state index in [4.69, 9.17) is 5.73 Å². The molecule has 0 aliphatic carbocycles. The highest BCUT2D eigenvalue weighted by Crippen LogP contribution is 2.23. The first kappa shape index (κ1) is 14.2. The highest BCUT2D eigenvalue weighted by molar-refractivity contribution is 4.97. The van der Waals surface area contributed by atoms with Crippen LogP contribution in [0.2, 0.25) is 0 Å². The van der Waals surface area contributed by atoms with Gasteiger partial charge in [0.2, 0.25) is 0 Å². The van der Waals surface area contributed by atoms with Gasteiger partial charge in [-0.3, -0.25) is 4.90 Å². The average Bonchev–Trinajstić information content (AvgIpc) is 2.63. The standard InChI is InChI=1S/C13H26N4/c1-11(13(2,3)4)16(5)8-12-9-17(7-6-14)10-15-12/h9-11H,6-8,14H2,1-5H3. The lowest BCUT2D eigenvalue weighted by atomic mass is 9.87. The molecule has 0 radical (unpaired) electrons. The summed E-state index contributed by atoms with van der Waals surface area (Å²) in [6.07, 6.45) is 3.94. The first-order valence-electron chi connectivity index (χ1n) is 6.25. The summed E-state index contributed by atoms with van der Waals surface area (Å²) in [7, 11) is 2.15. The molecule has 0 saturated heterocycles. The van der Waals surface area contributed by atoms with E-state index in [0.717, 1.165) is 18.8 Å². The SMILES string of the molecule is CC(N(C)Cc1cn(CCN)cn1)C(C)(C)C. The zero-order chi connectivity index (χ0) is 13.1. The van der Waals surface area contributed by atoms with Crippen LogP contribution in [0.1, 0.15) is 33.4 Å². The number of aromatic nitrogens is 2. The van der Waals surface area contributed by atoms with Gasteiger partial charge in [-0.1, -0.05) is 20.8 Å². The van der Waals surface area contributed by atoms with Crippen molar-refractivity contribution in [3.8, 4) is 0 Å². The third-order valence-electron chi connectivity index (χ3n) is 3.40. The molecule has 1 aromatic rings. The summed E-state index contributed by atoms with van der Waals surface area (Å²) in [6.45, 7) is 11.4. The molecule has 4 heteroatoms. The van der Waals surface area contributed by atoms with Crippen molar-refractivity contribution in [1.29, 1.82) is 0 Å². The molecule has 1 rings (SSSR count). The Morgan fingerprint density at radius 3 is 2.65 bits per heavy atom. The molecule has 0 aromatic carbocycles. The van der Waals surface area contributed by atoms with Crippen molar-refractivity contribution in [3.63, 3.8) is 0 Å². The monoisotopic (exact) mass is 238 g/mol. The molecular formula is C13H26N4. The van der Waals surface area contributed by atoms with E-state index in [2.05, 4.69) is 50.8 Å². The molecule has 0 aliphatic rings. The van der Waals surface area contributed by atoms with Crippen LogP contribution >= 0.6 is 0 Å². The van der Waals surface area contributed by atoms with Gasteiger partial charge in [-0.15, -0.1) is 0 Å². The number of nitrogens with zero attached hydrogens (tertiary/aromatic N) is 3. The largest absolute Gasteiger partial charge is 0.336 e. The molecule has 0 saturated carbocycles. The molecule has 1 atom stereocenters. The van der Waals surface area contributed by atoms with E-state index < -0.39 is 0 Å². The van der Waals surface area contributed by atoms with Crippen LogP contribution < -0.4 is 5.73 Å². The molecule has 98 valence electrons. The summed E-state index contributed by atoms with van der Waals surface area (Å²) < 4.78 is 2.05. The Balaban J connectivity index is 2.58. The molecular weight excluding hydrogens is 212 g/mol. The average molecular weight is 238 g/mol. The first-order chi connectivity index (χ1) is 7.84. The van der Waals surface area contributed by atoms with E-state index in [9.17, 15) is 0 Å². The second-order valence-electron chi connectivity index (χ2n) is 5.85. The fraction of sp³-hybridized carbons (Fsp3) is 0.769. The van der Waals surface area contributed by atoms with E-state index in [1.165, 1.54) is 0 Å². The van der Waals surface area contributed by atoms with Crippen molar-refractivity contribution in [2.75, 3.05) is 13.6 Å². The number of imidazole rings is 1. The van der Waals surface area contributed by atoms with Gasteiger partial charge in [0.05, 0.1) is 12.0 Å². The zero-order valence-electron chi connectivity index (χ0n) is 11.8. The summed E-state index contributed by atoms with van der Waals surface area (Å²) in [6, 6.07) is 0.516. The van der Waals surface area contributed by atoms with Gasteiger partial charge in [-0.2, -0.15) is 0 Å². The molecule has 4 nitrogen and oxygen atoms in total. The predicted molar refractivity (Wildman–Crippen MR) is 71.7 cm³/mol. The topological polar surface area (TPSA) is 47.1 Å². The number of hydrogen-bond acceptors (Lipinski definition) is 3. The van der Waals surface area contributed by atoms with Crippen molar-refractivity contribution in [3.05, 3.63) is 18.2 Å². The van der Waals surface area contributed by atoms with Crippen LogP contribution in [0.15, 0.2) is 12.5 Å². The maximum absolute atomic E-state index is 5.52. The third kappa shape index (κ3) is 4.13. The lowest BCUT2D eigenvalue weighted by Gasteiger charge is -2.34. The maximum atomic E-state index is 5.52. The Hall–Kier alpha value is -0.870. The van der Waals surface area contributed by atoms with E-state index in [1.54, 1.807) is 0 Å². The Labute approximate surface area is 105 Å². The fourth-order valence-corrected chi connectivity index (χ4v) is 1.81. The number of rotatable bonds is 5. The predicted octanol–water partition coefficient (Wildman–Crippen LogP) is 1.71. The van der Waals surface area contributed by atoms with Crippen molar-refractivity contribution in [2.24, 2.45) is 11.1 Å². The minimum absolute atomic E-state index is 0.286. The first-order valence-corrected chi connectivity index (χ1v) is 6.25. The molecule has 0 amide bonds. The smallest absolute Gasteiger partial charge is 0.0950 e.